The lowest BCUT2D eigenvalue weighted by molar-refractivity contribution is 0.439. The molecule has 1 atom stereocenters. The molecule has 15 heavy (non-hydrogen) atoms. The number of nitrogens with zero attached hydrogens (tertiary/aromatic N) is 2. The number of benzene rings is 1. The Hall–Kier alpha value is -0.350. The Balaban J connectivity index is 2.26. The van der Waals surface area contributed by atoms with Crippen LogP contribution in [0, 0.1) is 0 Å². The van der Waals surface area contributed by atoms with Crippen molar-refractivity contribution in [3.8, 4) is 0 Å². The summed E-state index contributed by atoms with van der Waals surface area (Å²) in [5, 5.41) is 0. The first-order valence-corrected chi connectivity index (χ1v) is 6.40. The van der Waals surface area contributed by atoms with Gasteiger partial charge < -0.3 is 4.90 Å². The second-order valence-corrected chi connectivity index (χ2v) is 5.55. The lowest BCUT2D eigenvalue weighted by atomic mass is 9.98. The highest BCUT2D eigenvalue weighted by Crippen LogP contribution is 2.29. The van der Waals surface area contributed by atoms with Crippen molar-refractivity contribution in [3.05, 3.63) is 32.7 Å². The maximum Gasteiger partial charge on any atom is 0.0847 e. The fourth-order valence-electron chi connectivity index (χ4n) is 1.80. The van der Waals surface area contributed by atoms with E-state index < -0.39 is 0 Å². The van der Waals surface area contributed by atoms with Gasteiger partial charge in [-0.15, -0.1) is 0 Å². The zero-order valence-electron chi connectivity index (χ0n) is 8.45. The van der Waals surface area contributed by atoms with Gasteiger partial charge >= 0.3 is 0 Å². The molecule has 0 bridgehead atoms. The van der Waals surface area contributed by atoms with E-state index in [0.29, 0.717) is 5.92 Å². The van der Waals surface area contributed by atoms with E-state index >= 15 is 0 Å². The van der Waals surface area contributed by atoms with E-state index in [0.717, 1.165) is 22.0 Å². The number of halogens is 2. The lowest BCUT2D eigenvalue weighted by Gasteiger charge is -2.26. The molecule has 4 heteroatoms. The minimum atomic E-state index is 0.488. The number of hydrogen-bond acceptors (Lipinski definition) is 2. The van der Waals surface area contributed by atoms with E-state index in [4.69, 9.17) is 0 Å². The van der Waals surface area contributed by atoms with Crippen molar-refractivity contribution >= 4 is 38.2 Å². The monoisotopic (exact) mass is 330 g/mol. The molecule has 0 saturated carbocycles. The van der Waals surface area contributed by atoms with Crippen molar-refractivity contribution in [2.24, 2.45) is 4.99 Å². The number of aliphatic imine (C=N–C) groups is 1. The second-order valence-electron chi connectivity index (χ2n) is 3.78. The molecule has 1 aliphatic heterocycles. The molecule has 0 aromatic heterocycles. The van der Waals surface area contributed by atoms with E-state index in [1.165, 1.54) is 5.56 Å². The quantitative estimate of drug-likeness (QED) is 0.771. The Morgan fingerprint density at radius 3 is 2.87 bits per heavy atom. The molecule has 0 saturated heterocycles. The second kappa shape index (κ2) is 4.66. The molecule has 1 aliphatic rings. The summed E-state index contributed by atoms with van der Waals surface area (Å²) in [6.07, 6.45) is 1.91. The number of rotatable bonds is 1. The molecule has 1 aromatic rings. The zero-order chi connectivity index (χ0) is 10.8. The van der Waals surface area contributed by atoms with Gasteiger partial charge in [-0.05, 0) is 17.7 Å². The number of hydrogen-bond donors (Lipinski definition) is 0. The predicted molar refractivity (Wildman–Crippen MR) is 70.6 cm³/mol. The molecule has 1 heterocycles. The van der Waals surface area contributed by atoms with Crippen molar-refractivity contribution in [3.63, 3.8) is 0 Å². The van der Waals surface area contributed by atoms with Crippen LogP contribution >= 0.6 is 31.9 Å². The average molecular weight is 332 g/mol. The highest BCUT2D eigenvalue weighted by Gasteiger charge is 2.18. The van der Waals surface area contributed by atoms with Crippen LogP contribution in [0.1, 0.15) is 11.5 Å². The minimum absolute atomic E-state index is 0.488. The molecule has 2 nitrogen and oxygen atoms in total. The molecular formula is C11H12Br2N2. The predicted octanol–water partition coefficient (Wildman–Crippen LogP) is 3.27. The summed E-state index contributed by atoms with van der Waals surface area (Å²) in [7, 11) is 2.06. The molecular weight excluding hydrogens is 320 g/mol. The topological polar surface area (TPSA) is 15.6 Å². The van der Waals surface area contributed by atoms with Gasteiger partial charge in [-0.3, -0.25) is 4.99 Å². The molecule has 0 aliphatic carbocycles. The maximum atomic E-state index is 4.35. The summed E-state index contributed by atoms with van der Waals surface area (Å²) in [5.41, 5.74) is 1.34. The third-order valence-corrected chi connectivity index (χ3v) is 3.70. The Labute approximate surface area is 107 Å². The molecule has 0 amide bonds. The molecule has 0 fully saturated rings. The van der Waals surface area contributed by atoms with Crippen LogP contribution in [-0.4, -0.2) is 31.4 Å². The van der Waals surface area contributed by atoms with Gasteiger partial charge in [0.25, 0.3) is 0 Å². The van der Waals surface area contributed by atoms with Crippen LogP contribution in [0.5, 0.6) is 0 Å². The van der Waals surface area contributed by atoms with Crippen molar-refractivity contribution in [1.82, 2.24) is 4.90 Å². The summed E-state index contributed by atoms with van der Waals surface area (Å²) < 4.78 is 2.26. The largest absolute Gasteiger partial charge is 0.365 e. The summed E-state index contributed by atoms with van der Waals surface area (Å²) in [6.45, 7) is 1.91. The van der Waals surface area contributed by atoms with Crippen LogP contribution < -0.4 is 0 Å². The first-order chi connectivity index (χ1) is 7.16. The zero-order valence-corrected chi connectivity index (χ0v) is 11.6. The van der Waals surface area contributed by atoms with Crippen LogP contribution in [0.4, 0.5) is 0 Å². The van der Waals surface area contributed by atoms with Crippen LogP contribution in [-0.2, 0) is 0 Å². The van der Waals surface area contributed by atoms with Gasteiger partial charge in [0, 0.05) is 35.0 Å². The van der Waals surface area contributed by atoms with Gasteiger partial charge in [0.1, 0.15) is 0 Å². The Morgan fingerprint density at radius 1 is 1.40 bits per heavy atom. The molecule has 1 unspecified atom stereocenters. The van der Waals surface area contributed by atoms with E-state index in [9.17, 15) is 0 Å². The summed E-state index contributed by atoms with van der Waals surface area (Å²) in [5.74, 6) is 0.488. The first kappa shape index (κ1) is 11.1. The smallest absolute Gasteiger partial charge is 0.0847 e. The highest BCUT2D eigenvalue weighted by molar-refractivity contribution is 9.11. The third kappa shape index (κ3) is 2.61. The van der Waals surface area contributed by atoms with Gasteiger partial charge in [-0.1, -0.05) is 37.9 Å². The normalized spacial score (nSPS) is 20.7. The Morgan fingerprint density at radius 2 is 2.20 bits per heavy atom. The van der Waals surface area contributed by atoms with E-state index in [1.54, 1.807) is 0 Å². The van der Waals surface area contributed by atoms with Crippen LogP contribution in [0.2, 0.25) is 0 Å². The average Bonchev–Trinajstić information content (AvgIpc) is 2.17. The van der Waals surface area contributed by atoms with Crippen molar-refractivity contribution in [2.45, 2.75) is 5.92 Å². The van der Waals surface area contributed by atoms with Gasteiger partial charge in [0.05, 0.1) is 6.34 Å². The van der Waals surface area contributed by atoms with E-state index in [2.05, 4.69) is 67.0 Å². The Kier molecular flexibility index (Phi) is 3.46. The number of likely N-dealkylation sites (N-methyl/N-ethyl adjacent to an activating group) is 1. The van der Waals surface area contributed by atoms with Gasteiger partial charge in [-0.25, -0.2) is 0 Å². The highest BCUT2D eigenvalue weighted by atomic mass is 79.9. The van der Waals surface area contributed by atoms with Gasteiger partial charge in [0.15, 0.2) is 0 Å². The fraction of sp³-hybridized carbons (Fsp3) is 0.364. The minimum Gasteiger partial charge on any atom is -0.365 e. The lowest BCUT2D eigenvalue weighted by Crippen LogP contribution is -2.29. The molecule has 0 N–H and O–H groups in total. The third-order valence-electron chi connectivity index (χ3n) is 2.52. The van der Waals surface area contributed by atoms with Gasteiger partial charge in [0.2, 0.25) is 0 Å². The van der Waals surface area contributed by atoms with Crippen LogP contribution in [0.15, 0.2) is 32.1 Å². The Bertz CT molecular complexity index is 390. The SMILES string of the molecule is CN1C=NCC(c2ccc(Br)cc2Br)C1. The van der Waals surface area contributed by atoms with Gasteiger partial charge in [-0.2, -0.15) is 0 Å². The molecule has 1 aromatic carbocycles. The van der Waals surface area contributed by atoms with Crippen molar-refractivity contribution in [2.75, 3.05) is 20.1 Å². The molecule has 2 rings (SSSR count). The van der Waals surface area contributed by atoms with Crippen molar-refractivity contribution < 1.29 is 0 Å². The summed E-state index contributed by atoms with van der Waals surface area (Å²) in [4.78, 5) is 6.48. The molecule has 0 radical (unpaired) electrons. The van der Waals surface area contributed by atoms with E-state index in [-0.39, 0.29) is 0 Å². The van der Waals surface area contributed by atoms with Crippen LogP contribution in [0.3, 0.4) is 0 Å². The summed E-state index contributed by atoms with van der Waals surface area (Å²) in [6, 6.07) is 6.33. The molecule has 0 spiro atoms. The summed E-state index contributed by atoms with van der Waals surface area (Å²) >= 11 is 7.06. The van der Waals surface area contributed by atoms with E-state index in [1.807, 2.05) is 6.34 Å². The fourth-order valence-corrected chi connectivity index (χ4v) is 3.17. The first-order valence-electron chi connectivity index (χ1n) is 4.82. The van der Waals surface area contributed by atoms with Crippen LogP contribution in [0.25, 0.3) is 0 Å². The maximum absolute atomic E-state index is 4.35. The standard InChI is InChI=1S/C11H12Br2N2/c1-15-6-8(5-14-7-15)10-3-2-9(12)4-11(10)13/h2-4,7-8H,5-6H2,1H3. The molecule has 80 valence electrons. The van der Waals surface area contributed by atoms with Crippen molar-refractivity contribution in [1.29, 1.82) is 0 Å².